The van der Waals surface area contributed by atoms with Crippen LogP contribution in [0.4, 0.5) is 4.79 Å². The van der Waals surface area contributed by atoms with E-state index in [4.69, 9.17) is 9.47 Å². The van der Waals surface area contributed by atoms with Crippen molar-refractivity contribution in [2.24, 2.45) is 0 Å². The zero-order valence-corrected chi connectivity index (χ0v) is 20.2. The van der Waals surface area contributed by atoms with Crippen molar-refractivity contribution in [1.29, 1.82) is 0 Å². The van der Waals surface area contributed by atoms with E-state index in [-0.39, 0.29) is 18.7 Å². The molecule has 1 amide bonds. The number of carboxylic acid groups (broad SMARTS) is 1. The van der Waals surface area contributed by atoms with Gasteiger partial charge in [0.05, 0.1) is 11.4 Å². The first-order chi connectivity index (χ1) is 17.4. The first kappa shape index (κ1) is 23.5. The number of ether oxygens (including phenoxy) is 2. The van der Waals surface area contributed by atoms with E-state index in [0.717, 1.165) is 34.5 Å². The maximum absolute atomic E-state index is 13.6. The molecule has 0 saturated carbocycles. The first-order valence-electron chi connectivity index (χ1n) is 12.0. The first-order valence-corrected chi connectivity index (χ1v) is 12.0. The fourth-order valence-corrected chi connectivity index (χ4v) is 4.70. The molecule has 0 radical (unpaired) electrons. The van der Waals surface area contributed by atoms with Crippen molar-refractivity contribution in [3.63, 3.8) is 0 Å². The third-order valence-corrected chi connectivity index (χ3v) is 6.47. The van der Waals surface area contributed by atoms with Crippen LogP contribution in [0.1, 0.15) is 42.4 Å². The van der Waals surface area contributed by atoms with Gasteiger partial charge in [-0.3, -0.25) is 9.36 Å². The number of para-hydroxylation sites is 1. The molecule has 9 nitrogen and oxygen atoms in total. The van der Waals surface area contributed by atoms with Crippen molar-refractivity contribution < 1.29 is 24.2 Å². The van der Waals surface area contributed by atoms with Gasteiger partial charge < -0.3 is 24.9 Å². The highest BCUT2D eigenvalue weighted by atomic mass is 16.7. The lowest BCUT2D eigenvalue weighted by Crippen LogP contribution is -2.38. The number of amides is 1. The SMILES string of the molecule is CCc1ncc(C[C@H](C(=O)N[C@H](C)Cc2cn(C(=O)O)c3ccccc23)c2ccc3c(c2)OCO3)[nH]1. The highest BCUT2D eigenvalue weighted by Crippen LogP contribution is 2.35. The average Bonchev–Trinajstić information content (AvgIpc) is 3.60. The summed E-state index contributed by atoms with van der Waals surface area (Å²) in [7, 11) is 0. The maximum Gasteiger partial charge on any atom is 0.416 e. The van der Waals surface area contributed by atoms with Gasteiger partial charge in [0.2, 0.25) is 12.7 Å². The highest BCUT2D eigenvalue weighted by Gasteiger charge is 2.26. The van der Waals surface area contributed by atoms with Crippen LogP contribution in [0.3, 0.4) is 0 Å². The molecule has 0 fully saturated rings. The van der Waals surface area contributed by atoms with Gasteiger partial charge in [-0.15, -0.1) is 0 Å². The van der Waals surface area contributed by atoms with E-state index in [0.29, 0.717) is 29.9 Å². The number of hydrogen-bond donors (Lipinski definition) is 3. The van der Waals surface area contributed by atoms with Crippen LogP contribution in [0, 0.1) is 0 Å². The number of aromatic amines is 1. The Morgan fingerprint density at radius 1 is 1.17 bits per heavy atom. The van der Waals surface area contributed by atoms with Gasteiger partial charge in [-0.05, 0) is 42.7 Å². The average molecular weight is 489 g/mol. The van der Waals surface area contributed by atoms with Gasteiger partial charge in [0.15, 0.2) is 11.5 Å². The van der Waals surface area contributed by atoms with Crippen LogP contribution in [0.15, 0.2) is 54.9 Å². The Hall–Kier alpha value is -4.27. The number of imidazole rings is 1. The molecule has 3 heterocycles. The van der Waals surface area contributed by atoms with E-state index in [1.807, 2.05) is 50.2 Å². The zero-order valence-electron chi connectivity index (χ0n) is 20.2. The third kappa shape index (κ3) is 4.64. The van der Waals surface area contributed by atoms with Crippen molar-refractivity contribution >= 4 is 22.9 Å². The molecule has 5 rings (SSSR count). The summed E-state index contributed by atoms with van der Waals surface area (Å²) in [6.07, 6.45) is 4.08. The second kappa shape index (κ2) is 9.77. The molecule has 186 valence electrons. The van der Waals surface area contributed by atoms with Crippen molar-refractivity contribution in [3.8, 4) is 11.5 Å². The number of hydrogen-bond acceptors (Lipinski definition) is 5. The maximum atomic E-state index is 13.6. The number of H-pyrrole nitrogens is 1. The van der Waals surface area contributed by atoms with Gasteiger partial charge in [-0.2, -0.15) is 0 Å². The normalized spacial score (nSPS) is 14.1. The van der Waals surface area contributed by atoms with Crippen LogP contribution < -0.4 is 14.8 Å². The molecule has 2 aromatic carbocycles. The monoisotopic (exact) mass is 488 g/mol. The Balaban J connectivity index is 1.38. The minimum atomic E-state index is -1.04. The third-order valence-electron chi connectivity index (χ3n) is 6.47. The van der Waals surface area contributed by atoms with Crippen molar-refractivity contribution in [1.82, 2.24) is 19.9 Å². The Labute approximate surface area is 208 Å². The Kier molecular flexibility index (Phi) is 6.37. The van der Waals surface area contributed by atoms with Crippen LogP contribution >= 0.6 is 0 Å². The predicted octanol–water partition coefficient (Wildman–Crippen LogP) is 4.26. The summed E-state index contributed by atoms with van der Waals surface area (Å²) in [6, 6.07) is 12.7. The smallest absolute Gasteiger partial charge is 0.416 e. The van der Waals surface area contributed by atoms with E-state index in [1.54, 1.807) is 18.5 Å². The minimum absolute atomic E-state index is 0.129. The summed E-state index contributed by atoms with van der Waals surface area (Å²) in [5.41, 5.74) is 3.19. The molecule has 0 spiro atoms. The molecule has 9 heteroatoms. The van der Waals surface area contributed by atoms with Gasteiger partial charge in [-0.1, -0.05) is 31.2 Å². The second-order valence-electron chi connectivity index (χ2n) is 9.02. The zero-order chi connectivity index (χ0) is 25.2. The summed E-state index contributed by atoms with van der Waals surface area (Å²) in [6.45, 7) is 4.11. The fraction of sp³-hybridized carbons (Fsp3) is 0.296. The van der Waals surface area contributed by atoms with Gasteiger partial charge in [0.1, 0.15) is 5.82 Å². The number of nitrogens with one attached hydrogen (secondary N) is 2. The van der Waals surface area contributed by atoms with Crippen molar-refractivity contribution in [3.05, 3.63) is 77.5 Å². The van der Waals surface area contributed by atoms with Gasteiger partial charge in [0, 0.05) is 42.4 Å². The molecule has 0 unspecified atom stereocenters. The van der Waals surface area contributed by atoms with Gasteiger partial charge >= 0.3 is 6.09 Å². The van der Waals surface area contributed by atoms with E-state index in [1.165, 1.54) is 4.57 Å². The molecule has 0 aliphatic carbocycles. The molecule has 2 atom stereocenters. The standard InChI is InChI=1S/C27H28N4O5/c1-3-25-28-13-19(30-25)12-21(17-8-9-23-24(11-17)36-15-35-23)26(32)29-16(2)10-18-14-31(27(33)34)22-7-5-4-6-20(18)22/h4-9,11,13-14,16,21H,3,10,12,15H2,1-2H3,(H,28,30)(H,29,32)(H,33,34)/t16-,21+/m1/s1. The van der Waals surface area contributed by atoms with E-state index in [9.17, 15) is 14.7 Å². The number of fused-ring (bicyclic) bond motifs is 2. The van der Waals surface area contributed by atoms with Crippen LogP contribution in [-0.2, 0) is 24.1 Å². The quantitative estimate of drug-likeness (QED) is 0.341. The molecule has 4 aromatic rings. The molecule has 2 aromatic heterocycles. The van der Waals surface area contributed by atoms with E-state index >= 15 is 0 Å². The minimum Gasteiger partial charge on any atom is -0.464 e. The molecule has 36 heavy (non-hydrogen) atoms. The number of aromatic nitrogens is 3. The number of aryl methyl sites for hydroxylation is 1. The van der Waals surface area contributed by atoms with Gasteiger partial charge in [-0.25, -0.2) is 9.78 Å². The van der Waals surface area contributed by atoms with E-state index in [2.05, 4.69) is 15.3 Å². The number of carbonyl (C=O) groups excluding carboxylic acids is 1. The highest BCUT2D eigenvalue weighted by molar-refractivity contribution is 5.91. The number of nitrogens with zero attached hydrogens (tertiary/aromatic N) is 2. The van der Waals surface area contributed by atoms with Crippen LogP contribution in [0.25, 0.3) is 10.9 Å². The van der Waals surface area contributed by atoms with Crippen molar-refractivity contribution in [2.45, 2.75) is 45.1 Å². The van der Waals surface area contributed by atoms with Gasteiger partial charge in [0.25, 0.3) is 0 Å². The summed E-state index contributed by atoms with van der Waals surface area (Å²) in [4.78, 5) is 32.9. The largest absolute Gasteiger partial charge is 0.464 e. The molecule has 0 bridgehead atoms. The second-order valence-corrected chi connectivity index (χ2v) is 9.02. The topological polar surface area (TPSA) is 118 Å². The molecular weight excluding hydrogens is 460 g/mol. The van der Waals surface area contributed by atoms with E-state index < -0.39 is 12.0 Å². The Bertz CT molecular complexity index is 1420. The number of rotatable bonds is 8. The lowest BCUT2D eigenvalue weighted by molar-refractivity contribution is -0.123. The lowest BCUT2D eigenvalue weighted by atomic mass is 9.92. The summed E-state index contributed by atoms with van der Waals surface area (Å²) in [5, 5.41) is 13.6. The summed E-state index contributed by atoms with van der Waals surface area (Å²) < 4.78 is 12.2. The number of benzene rings is 2. The van der Waals surface area contributed by atoms with Crippen LogP contribution in [-0.4, -0.2) is 44.5 Å². The van der Waals surface area contributed by atoms with Crippen LogP contribution in [0.5, 0.6) is 11.5 Å². The fourth-order valence-electron chi connectivity index (χ4n) is 4.70. The Morgan fingerprint density at radius 3 is 2.75 bits per heavy atom. The summed E-state index contributed by atoms with van der Waals surface area (Å²) >= 11 is 0. The molecule has 1 aliphatic heterocycles. The molecular formula is C27H28N4O5. The number of carbonyl (C=O) groups is 2. The summed E-state index contributed by atoms with van der Waals surface area (Å²) in [5.74, 6) is 1.55. The Morgan fingerprint density at radius 2 is 1.97 bits per heavy atom. The molecule has 3 N–H and O–H groups in total. The van der Waals surface area contributed by atoms with Crippen LogP contribution in [0.2, 0.25) is 0 Å². The lowest BCUT2D eigenvalue weighted by Gasteiger charge is -2.21. The molecule has 0 saturated heterocycles. The molecule has 1 aliphatic rings. The predicted molar refractivity (Wildman–Crippen MR) is 134 cm³/mol. The van der Waals surface area contributed by atoms with Crippen molar-refractivity contribution in [2.75, 3.05) is 6.79 Å².